The van der Waals surface area contributed by atoms with Crippen LogP contribution in [0.25, 0.3) is 0 Å². The lowest BCUT2D eigenvalue weighted by atomic mass is 10.3. The van der Waals surface area contributed by atoms with Crippen LogP contribution in [0.15, 0.2) is 0 Å². The smallest absolute Gasteiger partial charge is 0.323 e. The monoisotopic (exact) mass is 199 g/mol. The highest BCUT2D eigenvalue weighted by atomic mass is 16.4. The summed E-state index contributed by atoms with van der Waals surface area (Å²) >= 11 is 0. The summed E-state index contributed by atoms with van der Waals surface area (Å²) in [4.78, 5) is 22.7. The molecule has 0 aliphatic carbocycles. The lowest BCUT2D eigenvalue weighted by Gasteiger charge is -2.12. The second-order valence-electron chi connectivity index (χ2n) is 2.61. The SMILES string of the molecule is CN(CC(=O)O)C(=O)c1n[nH]nc1N. The lowest BCUT2D eigenvalue weighted by Crippen LogP contribution is -2.32. The zero-order chi connectivity index (χ0) is 10.7. The molecule has 0 saturated carbocycles. The second-order valence-corrected chi connectivity index (χ2v) is 2.61. The maximum Gasteiger partial charge on any atom is 0.323 e. The van der Waals surface area contributed by atoms with Crippen molar-refractivity contribution in [1.29, 1.82) is 0 Å². The number of hydrogen-bond donors (Lipinski definition) is 3. The molecule has 0 bridgehead atoms. The van der Waals surface area contributed by atoms with Crippen molar-refractivity contribution in [2.75, 3.05) is 19.3 Å². The third-order valence-electron chi connectivity index (χ3n) is 1.50. The van der Waals surface area contributed by atoms with Crippen LogP contribution in [0.5, 0.6) is 0 Å². The predicted molar refractivity (Wildman–Crippen MR) is 45.4 cm³/mol. The largest absolute Gasteiger partial charge is 0.480 e. The number of H-pyrrole nitrogens is 1. The molecule has 0 radical (unpaired) electrons. The van der Waals surface area contributed by atoms with Gasteiger partial charge < -0.3 is 15.7 Å². The summed E-state index contributed by atoms with van der Waals surface area (Å²) in [6, 6.07) is 0. The van der Waals surface area contributed by atoms with E-state index in [0.717, 1.165) is 4.90 Å². The van der Waals surface area contributed by atoms with Gasteiger partial charge in [-0.1, -0.05) is 0 Å². The van der Waals surface area contributed by atoms with Gasteiger partial charge in [0.2, 0.25) is 0 Å². The first kappa shape index (κ1) is 9.96. The molecule has 0 aliphatic rings. The Morgan fingerprint density at radius 2 is 2.21 bits per heavy atom. The number of hydrogen-bond acceptors (Lipinski definition) is 5. The summed E-state index contributed by atoms with van der Waals surface area (Å²) in [6.45, 7) is -0.412. The first-order valence-electron chi connectivity index (χ1n) is 3.66. The van der Waals surface area contributed by atoms with Crippen molar-refractivity contribution in [3.8, 4) is 0 Å². The number of rotatable bonds is 3. The molecule has 0 atom stereocenters. The number of nitrogens with two attached hydrogens (primary N) is 1. The third kappa shape index (κ3) is 1.97. The number of carboxylic acid groups (broad SMARTS) is 1. The first-order valence-corrected chi connectivity index (χ1v) is 3.66. The molecule has 14 heavy (non-hydrogen) atoms. The number of aromatic nitrogens is 3. The Morgan fingerprint density at radius 3 is 2.64 bits per heavy atom. The van der Waals surface area contributed by atoms with Crippen LogP contribution in [0.4, 0.5) is 5.82 Å². The highest BCUT2D eigenvalue weighted by Crippen LogP contribution is 2.05. The van der Waals surface area contributed by atoms with Crippen LogP contribution in [-0.4, -0.2) is 50.9 Å². The van der Waals surface area contributed by atoms with Crippen LogP contribution < -0.4 is 5.73 Å². The summed E-state index contributed by atoms with van der Waals surface area (Å²) in [7, 11) is 1.34. The molecular weight excluding hydrogens is 190 g/mol. The molecule has 0 saturated heterocycles. The number of nitrogens with one attached hydrogen (secondary N) is 1. The minimum absolute atomic E-state index is 0.0489. The molecule has 0 aliphatic heterocycles. The fourth-order valence-electron chi connectivity index (χ4n) is 0.852. The summed E-state index contributed by atoms with van der Waals surface area (Å²) < 4.78 is 0. The maximum absolute atomic E-state index is 11.4. The minimum Gasteiger partial charge on any atom is -0.480 e. The lowest BCUT2D eigenvalue weighted by molar-refractivity contribution is -0.137. The maximum atomic E-state index is 11.4. The van der Waals surface area contributed by atoms with Crippen molar-refractivity contribution in [1.82, 2.24) is 20.3 Å². The van der Waals surface area contributed by atoms with Crippen molar-refractivity contribution in [2.45, 2.75) is 0 Å². The molecule has 0 fully saturated rings. The number of aliphatic carboxylic acids is 1. The van der Waals surface area contributed by atoms with Gasteiger partial charge in [0, 0.05) is 7.05 Å². The van der Waals surface area contributed by atoms with Gasteiger partial charge in [0.15, 0.2) is 11.5 Å². The van der Waals surface area contributed by atoms with Crippen LogP contribution in [0.1, 0.15) is 10.5 Å². The molecule has 8 heteroatoms. The Balaban J connectivity index is 2.76. The summed E-state index contributed by atoms with van der Waals surface area (Å²) in [5.74, 6) is -1.74. The van der Waals surface area contributed by atoms with Gasteiger partial charge >= 0.3 is 5.97 Å². The number of carbonyl (C=O) groups excluding carboxylic acids is 1. The Labute approximate surface area is 78.7 Å². The summed E-state index contributed by atoms with van der Waals surface area (Å²) in [5, 5.41) is 17.5. The van der Waals surface area contributed by atoms with E-state index in [-0.39, 0.29) is 11.5 Å². The highest BCUT2D eigenvalue weighted by molar-refractivity contribution is 5.97. The zero-order valence-corrected chi connectivity index (χ0v) is 7.39. The number of likely N-dealkylation sites (N-methyl/N-ethyl adjacent to an activating group) is 1. The molecule has 0 unspecified atom stereocenters. The molecule has 1 aromatic rings. The van der Waals surface area contributed by atoms with Crippen LogP contribution in [0.2, 0.25) is 0 Å². The number of nitrogens with zero attached hydrogens (tertiary/aromatic N) is 3. The molecule has 1 rings (SSSR count). The van der Waals surface area contributed by atoms with Crippen molar-refractivity contribution in [2.24, 2.45) is 0 Å². The molecule has 8 nitrogen and oxygen atoms in total. The van der Waals surface area contributed by atoms with Gasteiger partial charge in [-0.25, -0.2) is 0 Å². The number of aromatic amines is 1. The highest BCUT2D eigenvalue weighted by Gasteiger charge is 2.19. The molecule has 0 spiro atoms. The van der Waals surface area contributed by atoms with Crippen LogP contribution in [0.3, 0.4) is 0 Å². The van der Waals surface area contributed by atoms with E-state index < -0.39 is 18.4 Å². The third-order valence-corrected chi connectivity index (χ3v) is 1.50. The standard InChI is InChI=1S/C6H9N5O3/c1-11(2-3(12)13)6(14)4-5(7)9-10-8-4/h2H2,1H3,(H,12,13)(H3,7,8,9,10). The first-order chi connectivity index (χ1) is 6.52. The molecule has 1 amide bonds. The Morgan fingerprint density at radius 1 is 1.57 bits per heavy atom. The fraction of sp³-hybridized carbons (Fsp3) is 0.333. The summed E-state index contributed by atoms with van der Waals surface area (Å²) in [5.41, 5.74) is 5.24. The van der Waals surface area contributed by atoms with Gasteiger partial charge in [-0.3, -0.25) is 9.59 Å². The number of anilines is 1. The van der Waals surface area contributed by atoms with E-state index in [1.807, 2.05) is 0 Å². The van der Waals surface area contributed by atoms with Crippen molar-refractivity contribution in [3.05, 3.63) is 5.69 Å². The van der Waals surface area contributed by atoms with E-state index in [4.69, 9.17) is 10.8 Å². The minimum atomic E-state index is -1.11. The van der Waals surface area contributed by atoms with E-state index in [1.165, 1.54) is 7.05 Å². The molecule has 76 valence electrons. The van der Waals surface area contributed by atoms with Crippen molar-refractivity contribution < 1.29 is 14.7 Å². The molecule has 4 N–H and O–H groups in total. The van der Waals surface area contributed by atoms with E-state index in [0.29, 0.717) is 0 Å². The molecule has 1 aromatic heterocycles. The van der Waals surface area contributed by atoms with Gasteiger partial charge in [0.1, 0.15) is 6.54 Å². The zero-order valence-electron chi connectivity index (χ0n) is 7.39. The molecule has 0 aromatic carbocycles. The van der Waals surface area contributed by atoms with Gasteiger partial charge in [0.25, 0.3) is 5.91 Å². The fourth-order valence-corrected chi connectivity index (χ4v) is 0.852. The Bertz CT molecular complexity index is 360. The Hall–Kier alpha value is -2.12. The quantitative estimate of drug-likeness (QED) is 0.546. The van der Waals surface area contributed by atoms with Crippen LogP contribution >= 0.6 is 0 Å². The van der Waals surface area contributed by atoms with E-state index in [2.05, 4.69) is 15.4 Å². The van der Waals surface area contributed by atoms with Crippen molar-refractivity contribution in [3.63, 3.8) is 0 Å². The average molecular weight is 199 g/mol. The summed E-state index contributed by atoms with van der Waals surface area (Å²) in [6.07, 6.45) is 0. The second kappa shape index (κ2) is 3.73. The van der Waals surface area contributed by atoms with Gasteiger partial charge in [-0.2, -0.15) is 5.21 Å². The van der Waals surface area contributed by atoms with E-state index >= 15 is 0 Å². The van der Waals surface area contributed by atoms with Gasteiger partial charge in [0.05, 0.1) is 0 Å². The molecule has 1 heterocycles. The van der Waals surface area contributed by atoms with Crippen molar-refractivity contribution >= 4 is 17.7 Å². The van der Waals surface area contributed by atoms with Crippen LogP contribution in [0, 0.1) is 0 Å². The number of nitrogen functional groups attached to an aromatic ring is 1. The topological polar surface area (TPSA) is 125 Å². The number of amides is 1. The van der Waals surface area contributed by atoms with Gasteiger partial charge in [-0.05, 0) is 0 Å². The normalized spacial score (nSPS) is 9.79. The van der Waals surface area contributed by atoms with E-state index in [1.54, 1.807) is 0 Å². The molecular formula is C6H9N5O3. The Kier molecular flexibility index (Phi) is 2.65. The van der Waals surface area contributed by atoms with Gasteiger partial charge in [-0.15, -0.1) is 10.2 Å². The van der Waals surface area contributed by atoms with E-state index in [9.17, 15) is 9.59 Å². The number of carboxylic acids is 1. The predicted octanol–water partition coefficient (Wildman–Crippen LogP) is -1.46. The van der Waals surface area contributed by atoms with Crippen LogP contribution in [-0.2, 0) is 4.79 Å². The average Bonchev–Trinajstić information content (AvgIpc) is 2.48. The number of carbonyl (C=O) groups is 2.